The molecule has 1 aliphatic rings. The van der Waals surface area contributed by atoms with Crippen molar-refractivity contribution in [2.24, 2.45) is 0 Å². The normalized spacial score (nSPS) is 13.8. The maximum atomic E-state index is 12.6. The van der Waals surface area contributed by atoms with E-state index in [1.807, 2.05) is 48.5 Å². The molecule has 1 amide bonds. The van der Waals surface area contributed by atoms with E-state index in [1.165, 1.54) is 0 Å². The number of esters is 1. The van der Waals surface area contributed by atoms with Crippen molar-refractivity contribution in [3.63, 3.8) is 0 Å². The number of fused-ring (bicyclic) bond motifs is 1. The molecule has 0 spiro atoms. The second kappa shape index (κ2) is 8.04. The summed E-state index contributed by atoms with van der Waals surface area (Å²) in [6.07, 6.45) is 0.848. The van der Waals surface area contributed by atoms with Crippen LogP contribution in [0.2, 0.25) is 0 Å². The van der Waals surface area contributed by atoms with Gasteiger partial charge in [0, 0.05) is 18.7 Å². The SMILES string of the molecule is COc1ccc(CCC(=O)OC(C)C(=O)N2CCc3ccccc32)cc1. The highest BCUT2D eigenvalue weighted by atomic mass is 16.5. The smallest absolute Gasteiger partial charge is 0.306 e. The van der Waals surface area contributed by atoms with Crippen LogP contribution >= 0.6 is 0 Å². The van der Waals surface area contributed by atoms with Crippen LogP contribution in [0.1, 0.15) is 24.5 Å². The number of ether oxygens (including phenoxy) is 2. The average molecular weight is 353 g/mol. The molecular formula is C21H23NO4. The van der Waals surface area contributed by atoms with Gasteiger partial charge in [0.15, 0.2) is 6.10 Å². The molecule has 136 valence electrons. The molecule has 0 aliphatic carbocycles. The zero-order chi connectivity index (χ0) is 18.5. The minimum atomic E-state index is -0.787. The third-order valence-corrected chi connectivity index (χ3v) is 4.59. The van der Waals surface area contributed by atoms with Crippen LogP contribution in [0.5, 0.6) is 5.75 Å². The van der Waals surface area contributed by atoms with Crippen molar-refractivity contribution in [1.82, 2.24) is 0 Å². The number of benzene rings is 2. The Morgan fingerprint density at radius 1 is 1.12 bits per heavy atom. The van der Waals surface area contributed by atoms with Crippen LogP contribution in [-0.2, 0) is 27.2 Å². The summed E-state index contributed by atoms with van der Waals surface area (Å²) in [4.78, 5) is 26.4. The predicted octanol–water partition coefficient (Wildman–Crippen LogP) is 3.15. The lowest BCUT2D eigenvalue weighted by atomic mass is 10.1. The van der Waals surface area contributed by atoms with Crippen molar-refractivity contribution >= 4 is 17.6 Å². The predicted molar refractivity (Wildman–Crippen MR) is 99.4 cm³/mol. The van der Waals surface area contributed by atoms with Crippen LogP contribution < -0.4 is 9.64 Å². The largest absolute Gasteiger partial charge is 0.497 e. The topological polar surface area (TPSA) is 55.8 Å². The molecule has 0 bridgehead atoms. The first-order valence-corrected chi connectivity index (χ1v) is 8.80. The number of aryl methyl sites for hydroxylation is 1. The van der Waals surface area contributed by atoms with Gasteiger partial charge in [-0.1, -0.05) is 30.3 Å². The van der Waals surface area contributed by atoms with Gasteiger partial charge in [0.05, 0.1) is 7.11 Å². The van der Waals surface area contributed by atoms with E-state index in [2.05, 4.69) is 0 Å². The van der Waals surface area contributed by atoms with Crippen molar-refractivity contribution in [2.45, 2.75) is 32.3 Å². The van der Waals surface area contributed by atoms with Gasteiger partial charge < -0.3 is 14.4 Å². The summed E-state index contributed by atoms with van der Waals surface area (Å²) in [5, 5.41) is 0. The van der Waals surface area contributed by atoms with E-state index in [1.54, 1.807) is 18.9 Å². The molecule has 0 saturated carbocycles. The van der Waals surface area contributed by atoms with Crippen molar-refractivity contribution in [1.29, 1.82) is 0 Å². The summed E-state index contributed by atoms with van der Waals surface area (Å²) < 4.78 is 10.5. The van der Waals surface area contributed by atoms with Crippen molar-refractivity contribution in [2.75, 3.05) is 18.6 Å². The summed E-state index contributed by atoms with van der Waals surface area (Å²) in [6, 6.07) is 15.4. The average Bonchev–Trinajstić information content (AvgIpc) is 3.10. The summed E-state index contributed by atoms with van der Waals surface area (Å²) in [7, 11) is 1.61. The maximum absolute atomic E-state index is 12.6. The molecule has 0 fully saturated rings. The first-order chi connectivity index (χ1) is 12.6. The maximum Gasteiger partial charge on any atom is 0.306 e. The third-order valence-electron chi connectivity index (χ3n) is 4.59. The standard InChI is InChI=1S/C21H23NO4/c1-15(21(24)22-14-13-17-5-3-4-6-19(17)22)26-20(23)12-9-16-7-10-18(25-2)11-8-16/h3-8,10-11,15H,9,12-14H2,1-2H3. The Morgan fingerprint density at radius 3 is 2.58 bits per heavy atom. The molecule has 1 unspecified atom stereocenters. The number of methoxy groups -OCH3 is 1. The van der Waals surface area contributed by atoms with Gasteiger partial charge in [-0.05, 0) is 49.1 Å². The van der Waals surface area contributed by atoms with Gasteiger partial charge in [0.1, 0.15) is 5.75 Å². The lowest BCUT2D eigenvalue weighted by Gasteiger charge is -2.21. The Morgan fingerprint density at radius 2 is 1.85 bits per heavy atom. The zero-order valence-corrected chi connectivity index (χ0v) is 15.1. The van der Waals surface area contributed by atoms with Crippen LogP contribution in [0.15, 0.2) is 48.5 Å². The summed E-state index contributed by atoms with van der Waals surface area (Å²) in [6.45, 7) is 2.26. The van der Waals surface area contributed by atoms with Crippen molar-refractivity contribution < 1.29 is 19.1 Å². The van der Waals surface area contributed by atoms with Gasteiger partial charge >= 0.3 is 5.97 Å². The Balaban J connectivity index is 1.51. The Bertz CT molecular complexity index is 785. The minimum absolute atomic E-state index is 0.173. The van der Waals surface area contributed by atoms with E-state index in [9.17, 15) is 9.59 Å². The van der Waals surface area contributed by atoms with Crippen LogP contribution in [0.4, 0.5) is 5.69 Å². The lowest BCUT2D eigenvalue weighted by Crippen LogP contribution is -2.39. The number of anilines is 1. The van der Waals surface area contributed by atoms with Crippen LogP contribution in [0, 0.1) is 0 Å². The minimum Gasteiger partial charge on any atom is -0.497 e. The number of carbonyl (C=O) groups excluding carboxylic acids is 2. The molecule has 1 heterocycles. The molecule has 1 aliphatic heterocycles. The molecule has 5 heteroatoms. The summed E-state index contributed by atoms with van der Waals surface area (Å²) in [5.74, 6) is 0.239. The molecule has 1 atom stereocenters. The van der Waals surface area contributed by atoms with Crippen LogP contribution in [0.3, 0.4) is 0 Å². The highest BCUT2D eigenvalue weighted by molar-refractivity contribution is 5.99. The van der Waals surface area contributed by atoms with E-state index >= 15 is 0 Å². The number of amides is 1. The highest BCUT2D eigenvalue weighted by Crippen LogP contribution is 2.28. The molecule has 5 nitrogen and oxygen atoms in total. The summed E-state index contributed by atoms with van der Waals surface area (Å²) in [5.41, 5.74) is 3.09. The number of carbonyl (C=O) groups is 2. The van der Waals surface area contributed by atoms with Gasteiger partial charge in [-0.15, -0.1) is 0 Å². The number of para-hydroxylation sites is 1. The fourth-order valence-corrected chi connectivity index (χ4v) is 3.13. The van der Waals surface area contributed by atoms with E-state index < -0.39 is 6.10 Å². The lowest BCUT2D eigenvalue weighted by molar-refractivity contribution is -0.153. The fraction of sp³-hybridized carbons (Fsp3) is 0.333. The Labute approximate surface area is 153 Å². The summed E-state index contributed by atoms with van der Waals surface area (Å²) >= 11 is 0. The molecule has 2 aromatic carbocycles. The number of rotatable bonds is 6. The van der Waals surface area contributed by atoms with Gasteiger partial charge in [0.25, 0.3) is 5.91 Å². The molecular weight excluding hydrogens is 330 g/mol. The Hall–Kier alpha value is -2.82. The molecule has 0 radical (unpaired) electrons. The quantitative estimate of drug-likeness (QED) is 0.749. The van der Waals surface area contributed by atoms with Gasteiger partial charge in [0.2, 0.25) is 0 Å². The van der Waals surface area contributed by atoms with Gasteiger partial charge in [-0.3, -0.25) is 9.59 Å². The van der Waals surface area contributed by atoms with E-state index in [0.717, 1.165) is 29.0 Å². The molecule has 0 aromatic heterocycles. The Kier molecular flexibility index (Phi) is 5.56. The fourth-order valence-electron chi connectivity index (χ4n) is 3.13. The highest BCUT2D eigenvalue weighted by Gasteiger charge is 2.29. The van der Waals surface area contributed by atoms with Gasteiger partial charge in [-0.2, -0.15) is 0 Å². The number of nitrogens with zero attached hydrogens (tertiary/aromatic N) is 1. The van der Waals surface area contributed by atoms with Gasteiger partial charge in [-0.25, -0.2) is 0 Å². The van der Waals surface area contributed by atoms with E-state index in [4.69, 9.17) is 9.47 Å². The molecule has 0 N–H and O–H groups in total. The first kappa shape index (κ1) is 18.0. The van der Waals surface area contributed by atoms with E-state index in [-0.39, 0.29) is 18.3 Å². The second-order valence-corrected chi connectivity index (χ2v) is 6.35. The van der Waals surface area contributed by atoms with E-state index in [0.29, 0.717) is 13.0 Å². The van der Waals surface area contributed by atoms with Crippen LogP contribution in [0.25, 0.3) is 0 Å². The third kappa shape index (κ3) is 4.04. The molecule has 26 heavy (non-hydrogen) atoms. The number of hydrogen-bond acceptors (Lipinski definition) is 4. The van der Waals surface area contributed by atoms with Crippen molar-refractivity contribution in [3.8, 4) is 5.75 Å². The van der Waals surface area contributed by atoms with Crippen molar-refractivity contribution in [3.05, 3.63) is 59.7 Å². The zero-order valence-electron chi connectivity index (χ0n) is 15.1. The molecule has 2 aromatic rings. The number of hydrogen-bond donors (Lipinski definition) is 0. The molecule has 3 rings (SSSR count). The molecule has 0 saturated heterocycles. The second-order valence-electron chi connectivity index (χ2n) is 6.35. The van der Waals surface area contributed by atoms with Crippen LogP contribution in [-0.4, -0.2) is 31.6 Å². The first-order valence-electron chi connectivity index (χ1n) is 8.80. The monoisotopic (exact) mass is 353 g/mol.